The number of hydrogen-bond acceptors (Lipinski definition) is 4. The quantitative estimate of drug-likeness (QED) is 0.568. The zero-order valence-electron chi connectivity index (χ0n) is 11.1. The molecule has 2 rings (SSSR count). The molecule has 1 aliphatic rings. The first-order valence-corrected chi connectivity index (χ1v) is 5.65. The average molecular weight is 351 g/mol. The van der Waals surface area contributed by atoms with Gasteiger partial charge in [0.15, 0.2) is 0 Å². The van der Waals surface area contributed by atoms with Crippen LogP contribution in [0.1, 0.15) is 11.6 Å². The molecular formula is C10H11F6N3O4. The Kier molecular flexibility index (Phi) is 7.52. The number of aromatic nitrogens is 2. The van der Waals surface area contributed by atoms with Crippen molar-refractivity contribution in [1.82, 2.24) is 15.3 Å². The van der Waals surface area contributed by atoms with Gasteiger partial charge >= 0.3 is 24.3 Å². The average Bonchev–Trinajstić information content (AvgIpc) is 2.79. The van der Waals surface area contributed by atoms with Crippen LogP contribution in [0.15, 0.2) is 12.5 Å². The Morgan fingerprint density at radius 1 is 1.04 bits per heavy atom. The van der Waals surface area contributed by atoms with Crippen LogP contribution in [0.4, 0.5) is 26.3 Å². The number of alkyl halides is 6. The molecule has 13 heteroatoms. The number of halogens is 6. The highest BCUT2D eigenvalue weighted by molar-refractivity contribution is 5.73. The van der Waals surface area contributed by atoms with Crippen LogP contribution in [0.3, 0.4) is 0 Å². The molecular weight excluding hydrogens is 340 g/mol. The summed E-state index contributed by atoms with van der Waals surface area (Å²) < 4.78 is 63.5. The van der Waals surface area contributed by atoms with Crippen molar-refractivity contribution in [1.29, 1.82) is 0 Å². The lowest BCUT2D eigenvalue weighted by Crippen LogP contribution is -2.40. The normalized spacial score (nSPS) is 14.5. The fraction of sp³-hybridized carbons (Fsp3) is 0.500. The van der Waals surface area contributed by atoms with Gasteiger partial charge < -0.3 is 20.5 Å². The fourth-order valence-electron chi connectivity index (χ4n) is 0.998. The van der Waals surface area contributed by atoms with Gasteiger partial charge in [0.1, 0.15) is 0 Å². The molecule has 1 saturated heterocycles. The summed E-state index contributed by atoms with van der Waals surface area (Å²) in [6, 6.07) is 0. The van der Waals surface area contributed by atoms with Crippen LogP contribution in [0, 0.1) is 0 Å². The molecule has 4 N–H and O–H groups in total. The summed E-state index contributed by atoms with van der Waals surface area (Å²) in [6.07, 6.45) is -6.54. The summed E-state index contributed by atoms with van der Waals surface area (Å²) in [5.74, 6) is -4.83. The van der Waals surface area contributed by atoms with Gasteiger partial charge in [-0.05, 0) is 0 Å². The minimum Gasteiger partial charge on any atom is -0.475 e. The maximum atomic E-state index is 10.6. The predicted molar refractivity (Wildman–Crippen MR) is 61.6 cm³/mol. The molecule has 1 fully saturated rings. The third kappa shape index (κ3) is 8.65. The molecule has 7 nitrogen and oxygen atoms in total. The molecule has 0 aromatic carbocycles. The number of carboxylic acid groups (broad SMARTS) is 2. The topological polar surface area (TPSA) is 115 Å². The number of aromatic amines is 1. The molecule has 0 spiro atoms. The Bertz CT molecular complexity index is 472. The van der Waals surface area contributed by atoms with Crippen molar-refractivity contribution in [2.75, 3.05) is 13.1 Å². The lowest BCUT2D eigenvalue weighted by Gasteiger charge is -2.25. The van der Waals surface area contributed by atoms with Gasteiger partial charge in [0, 0.05) is 30.9 Å². The van der Waals surface area contributed by atoms with Crippen molar-refractivity contribution < 1.29 is 46.1 Å². The zero-order chi connectivity index (χ0) is 18.3. The van der Waals surface area contributed by atoms with Crippen LogP contribution in [0.5, 0.6) is 0 Å². The highest BCUT2D eigenvalue weighted by Gasteiger charge is 2.38. The van der Waals surface area contributed by atoms with Crippen LogP contribution in [0.25, 0.3) is 0 Å². The Hall–Kier alpha value is -2.31. The predicted octanol–water partition coefficient (Wildman–Crippen LogP) is 1.36. The number of nitrogens with zero attached hydrogens (tertiary/aromatic N) is 1. The van der Waals surface area contributed by atoms with Crippen LogP contribution >= 0.6 is 0 Å². The number of carbonyl (C=O) groups is 2. The van der Waals surface area contributed by atoms with Gasteiger partial charge in [-0.2, -0.15) is 26.3 Å². The number of imidazole rings is 1. The first kappa shape index (κ1) is 20.7. The molecule has 23 heavy (non-hydrogen) atoms. The van der Waals surface area contributed by atoms with E-state index >= 15 is 0 Å². The SMILES string of the molecule is O=C(O)C(F)(F)F.O=C(O)C(F)(F)F.c1ncc(C2CNC2)[nH]1. The number of rotatable bonds is 1. The molecule has 1 aromatic rings. The maximum absolute atomic E-state index is 10.6. The summed E-state index contributed by atoms with van der Waals surface area (Å²) in [4.78, 5) is 24.8. The van der Waals surface area contributed by atoms with Gasteiger partial charge in [-0.15, -0.1) is 0 Å². The van der Waals surface area contributed by atoms with E-state index in [9.17, 15) is 26.3 Å². The molecule has 0 atom stereocenters. The number of aliphatic carboxylic acids is 2. The van der Waals surface area contributed by atoms with Crippen molar-refractivity contribution in [3.63, 3.8) is 0 Å². The Labute approximate surface area is 124 Å². The fourth-order valence-corrected chi connectivity index (χ4v) is 0.998. The van der Waals surface area contributed by atoms with Gasteiger partial charge in [0.2, 0.25) is 0 Å². The van der Waals surface area contributed by atoms with E-state index in [2.05, 4.69) is 15.3 Å². The van der Waals surface area contributed by atoms with Gasteiger partial charge in [0.25, 0.3) is 0 Å². The first-order chi connectivity index (χ1) is 10.4. The molecule has 0 amide bonds. The Morgan fingerprint density at radius 2 is 1.43 bits per heavy atom. The second-order valence-electron chi connectivity index (χ2n) is 3.97. The van der Waals surface area contributed by atoms with Crippen LogP contribution in [0.2, 0.25) is 0 Å². The van der Waals surface area contributed by atoms with Crippen molar-refractivity contribution >= 4 is 11.9 Å². The van der Waals surface area contributed by atoms with E-state index in [1.807, 2.05) is 6.20 Å². The molecule has 0 radical (unpaired) electrons. The van der Waals surface area contributed by atoms with Gasteiger partial charge in [-0.3, -0.25) is 0 Å². The van der Waals surface area contributed by atoms with Crippen LogP contribution < -0.4 is 5.32 Å². The minimum absolute atomic E-state index is 0.687. The number of hydrogen-bond donors (Lipinski definition) is 4. The molecule has 0 unspecified atom stereocenters. The Morgan fingerprint density at radius 3 is 1.61 bits per heavy atom. The smallest absolute Gasteiger partial charge is 0.475 e. The number of H-pyrrole nitrogens is 1. The highest BCUT2D eigenvalue weighted by Crippen LogP contribution is 2.15. The van der Waals surface area contributed by atoms with Crippen LogP contribution in [-0.4, -0.2) is 57.6 Å². The lowest BCUT2D eigenvalue weighted by molar-refractivity contribution is -0.193. The number of carboxylic acids is 2. The minimum atomic E-state index is -5.08. The molecule has 1 aromatic heterocycles. The van der Waals surface area contributed by atoms with Gasteiger partial charge in [-0.1, -0.05) is 0 Å². The molecule has 132 valence electrons. The summed E-state index contributed by atoms with van der Waals surface area (Å²) in [5.41, 5.74) is 1.26. The molecule has 2 heterocycles. The first-order valence-electron chi connectivity index (χ1n) is 5.65. The molecule has 0 saturated carbocycles. The Balaban J connectivity index is 0.000000322. The van der Waals surface area contributed by atoms with Crippen LogP contribution in [-0.2, 0) is 9.59 Å². The largest absolute Gasteiger partial charge is 0.490 e. The summed E-state index contributed by atoms with van der Waals surface area (Å²) in [5, 5.41) is 17.5. The van der Waals surface area contributed by atoms with E-state index in [0.717, 1.165) is 13.1 Å². The third-order valence-corrected chi connectivity index (χ3v) is 2.23. The zero-order valence-corrected chi connectivity index (χ0v) is 11.1. The van der Waals surface area contributed by atoms with Gasteiger partial charge in [0.05, 0.1) is 6.33 Å². The highest BCUT2D eigenvalue weighted by atomic mass is 19.4. The second kappa shape index (κ2) is 8.36. The van der Waals surface area contributed by atoms with E-state index in [1.165, 1.54) is 5.69 Å². The van der Waals surface area contributed by atoms with Crippen molar-refractivity contribution in [3.8, 4) is 0 Å². The summed E-state index contributed by atoms with van der Waals surface area (Å²) in [7, 11) is 0. The van der Waals surface area contributed by atoms with Crippen molar-refractivity contribution in [2.24, 2.45) is 0 Å². The van der Waals surface area contributed by atoms with Gasteiger partial charge in [-0.25, -0.2) is 14.6 Å². The second-order valence-corrected chi connectivity index (χ2v) is 3.97. The van der Waals surface area contributed by atoms with E-state index in [1.54, 1.807) is 6.33 Å². The summed E-state index contributed by atoms with van der Waals surface area (Å²) >= 11 is 0. The molecule has 1 aliphatic heterocycles. The summed E-state index contributed by atoms with van der Waals surface area (Å²) in [6.45, 7) is 2.20. The van der Waals surface area contributed by atoms with E-state index in [4.69, 9.17) is 19.8 Å². The lowest BCUT2D eigenvalue weighted by atomic mass is 10.0. The standard InChI is InChI=1S/C6H9N3.2C2HF3O2/c1-5(2-7-1)6-3-8-4-9-6;2*3-2(4,5)1(6)7/h3-5,7H,1-2H2,(H,8,9);2*(H,6,7). The van der Waals surface area contributed by atoms with Crippen molar-refractivity contribution in [3.05, 3.63) is 18.2 Å². The third-order valence-electron chi connectivity index (χ3n) is 2.23. The van der Waals surface area contributed by atoms with E-state index < -0.39 is 24.3 Å². The maximum Gasteiger partial charge on any atom is 0.490 e. The van der Waals surface area contributed by atoms with E-state index in [-0.39, 0.29) is 0 Å². The monoisotopic (exact) mass is 351 g/mol. The van der Waals surface area contributed by atoms with E-state index in [0.29, 0.717) is 5.92 Å². The van der Waals surface area contributed by atoms with Crippen molar-refractivity contribution in [2.45, 2.75) is 18.3 Å². The molecule has 0 aliphatic carbocycles. The molecule has 0 bridgehead atoms. The number of nitrogens with one attached hydrogen (secondary N) is 2.